The fraction of sp³-hybridized carbons (Fsp3) is 0.429. The molecule has 0 heterocycles. The summed E-state index contributed by atoms with van der Waals surface area (Å²) in [7, 11) is 0. The van der Waals surface area contributed by atoms with Crippen LogP contribution in [0.4, 0.5) is 0 Å². The Balaban J connectivity index is 1.64. The highest BCUT2D eigenvalue weighted by atomic mass is 16.2. The zero-order chi connectivity index (χ0) is 18.7. The summed E-state index contributed by atoms with van der Waals surface area (Å²) in [5.74, 6) is -0.276. The molecule has 0 radical (unpaired) electrons. The van der Waals surface area contributed by atoms with Gasteiger partial charge < -0.3 is 16.0 Å². The summed E-state index contributed by atoms with van der Waals surface area (Å²) in [5.41, 5.74) is 6.94. The first-order valence-electron chi connectivity index (χ1n) is 9.26. The molecule has 1 fully saturated rings. The Morgan fingerprint density at radius 3 is 2.50 bits per heavy atom. The summed E-state index contributed by atoms with van der Waals surface area (Å²) < 4.78 is 0. The van der Waals surface area contributed by atoms with Gasteiger partial charge in [-0.1, -0.05) is 50.2 Å². The number of carbonyl (C=O) groups excluding carboxylic acids is 2. The van der Waals surface area contributed by atoms with Crippen LogP contribution in [0.3, 0.4) is 0 Å². The number of hydrogen-bond acceptors (Lipinski definition) is 3. The van der Waals surface area contributed by atoms with Gasteiger partial charge in [0.1, 0.15) is 0 Å². The summed E-state index contributed by atoms with van der Waals surface area (Å²) in [5, 5.41) is 5.05. The topological polar surface area (TPSA) is 75.4 Å². The smallest absolute Gasteiger partial charge is 0.242 e. The van der Waals surface area contributed by atoms with E-state index in [1.807, 2.05) is 30.9 Å². The number of amides is 2. The number of nitrogens with two attached hydrogens (primary N) is 1. The van der Waals surface area contributed by atoms with Crippen LogP contribution in [0.15, 0.2) is 42.5 Å². The van der Waals surface area contributed by atoms with E-state index in [0.717, 1.165) is 18.4 Å². The van der Waals surface area contributed by atoms with Gasteiger partial charge in [-0.3, -0.25) is 9.59 Å². The van der Waals surface area contributed by atoms with E-state index >= 15 is 0 Å². The maximum Gasteiger partial charge on any atom is 0.242 e. The van der Waals surface area contributed by atoms with Crippen molar-refractivity contribution in [2.45, 2.75) is 45.3 Å². The van der Waals surface area contributed by atoms with Gasteiger partial charge in [0.05, 0.1) is 12.6 Å². The fourth-order valence-electron chi connectivity index (χ4n) is 3.03. The molecule has 1 atom stereocenters. The van der Waals surface area contributed by atoms with Crippen LogP contribution >= 0.6 is 0 Å². The molecule has 0 saturated heterocycles. The number of nitrogens with one attached hydrogen (secondary N) is 1. The lowest BCUT2D eigenvalue weighted by atomic mass is 10.1. The quantitative estimate of drug-likeness (QED) is 0.803. The van der Waals surface area contributed by atoms with Crippen molar-refractivity contribution in [2.24, 2.45) is 11.7 Å². The van der Waals surface area contributed by atoms with Crippen LogP contribution in [0.1, 0.15) is 32.3 Å². The maximum atomic E-state index is 12.7. The van der Waals surface area contributed by atoms with Gasteiger partial charge in [0.2, 0.25) is 11.8 Å². The molecule has 1 saturated carbocycles. The van der Waals surface area contributed by atoms with E-state index < -0.39 is 6.04 Å². The number of benzene rings is 2. The summed E-state index contributed by atoms with van der Waals surface area (Å²) in [6.07, 6.45) is 2.05. The Kier molecular flexibility index (Phi) is 5.57. The Morgan fingerprint density at radius 1 is 1.15 bits per heavy atom. The number of nitrogens with zero attached hydrogens (tertiary/aromatic N) is 1. The number of fused-ring (bicyclic) bond motifs is 1. The molecule has 0 aliphatic heterocycles. The average molecular weight is 353 g/mol. The Labute approximate surface area is 154 Å². The third kappa shape index (κ3) is 4.41. The van der Waals surface area contributed by atoms with Crippen molar-refractivity contribution in [1.29, 1.82) is 0 Å². The third-order valence-electron chi connectivity index (χ3n) is 4.91. The molecule has 3 N–H and O–H groups in total. The Morgan fingerprint density at radius 2 is 1.85 bits per heavy atom. The van der Waals surface area contributed by atoms with Crippen LogP contribution in [0, 0.1) is 5.92 Å². The molecule has 5 nitrogen and oxygen atoms in total. The predicted octanol–water partition coefficient (Wildman–Crippen LogP) is 2.43. The predicted molar refractivity (Wildman–Crippen MR) is 103 cm³/mol. The molecule has 1 aliphatic rings. The van der Waals surface area contributed by atoms with E-state index in [1.165, 1.54) is 10.8 Å². The monoisotopic (exact) mass is 353 g/mol. The number of rotatable bonds is 7. The van der Waals surface area contributed by atoms with E-state index in [4.69, 9.17) is 5.73 Å². The first-order chi connectivity index (χ1) is 12.5. The molecule has 3 rings (SSSR count). The van der Waals surface area contributed by atoms with Crippen molar-refractivity contribution >= 4 is 22.6 Å². The first kappa shape index (κ1) is 18.4. The van der Waals surface area contributed by atoms with E-state index in [1.54, 1.807) is 0 Å². The average Bonchev–Trinajstić information content (AvgIpc) is 3.48. The summed E-state index contributed by atoms with van der Waals surface area (Å²) in [6.45, 7) is 4.36. The molecule has 5 heteroatoms. The highest BCUT2D eigenvalue weighted by molar-refractivity contribution is 5.88. The highest BCUT2D eigenvalue weighted by Gasteiger charge is 2.32. The van der Waals surface area contributed by atoms with Crippen molar-refractivity contribution in [2.75, 3.05) is 6.54 Å². The van der Waals surface area contributed by atoms with Gasteiger partial charge in [-0.2, -0.15) is 0 Å². The van der Waals surface area contributed by atoms with Gasteiger partial charge in [-0.15, -0.1) is 0 Å². The van der Waals surface area contributed by atoms with E-state index in [2.05, 4.69) is 35.6 Å². The van der Waals surface area contributed by atoms with Crippen LogP contribution in [-0.2, 0) is 16.1 Å². The lowest BCUT2D eigenvalue weighted by Gasteiger charge is -2.24. The fourth-order valence-corrected chi connectivity index (χ4v) is 3.03. The van der Waals surface area contributed by atoms with E-state index in [-0.39, 0.29) is 30.3 Å². The molecule has 2 amide bonds. The lowest BCUT2D eigenvalue weighted by Crippen LogP contribution is -2.48. The molecular formula is C21H27N3O2. The lowest BCUT2D eigenvalue weighted by molar-refractivity contribution is -0.134. The van der Waals surface area contributed by atoms with E-state index in [9.17, 15) is 9.59 Å². The molecule has 2 aromatic carbocycles. The molecule has 0 spiro atoms. The summed E-state index contributed by atoms with van der Waals surface area (Å²) in [4.78, 5) is 26.5. The van der Waals surface area contributed by atoms with Crippen molar-refractivity contribution in [3.8, 4) is 0 Å². The molecule has 2 aromatic rings. The van der Waals surface area contributed by atoms with Gasteiger partial charge in [-0.05, 0) is 41.2 Å². The van der Waals surface area contributed by atoms with Crippen LogP contribution in [-0.4, -0.2) is 35.3 Å². The molecule has 0 unspecified atom stereocenters. The third-order valence-corrected chi connectivity index (χ3v) is 4.91. The zero-order valence-corrected chi connectivity index (χ0v) is 15.4. The molecule has 1 aliphatic carbocycles. The maximum absolute atomic E-state index is 12.7. The second kappa shape index (κ2) is 7.87. The first-order valence-corrected chi connectivity index (χ1v) is 9.26. The van der Waals surface area contributed by atoms with Gasteiger partial charge in [-0.25, -0.2) is 0 Å². The minimum Gasteiger partial charge on any atom is -0.346 e. The molecule has 26 heavy (non-hydrogen) atoms. The molecule has 0 bridgehead atoms. The van der Waals surface area contributed by atoms with Crippen molar-refractivity contribution < 1.29 is 9.59 Å². The molecular weight excluding hydrogens is 326 g/mol. The number of carbonyl (C=O) groups is 2. The minimum absolute atomic E-state index is 0.00331. The summed E-state index contributed by atoms with van der Waals surface area (Å²) in [6, 6.07) is 14.2. The second-order valence-electron chi connectivity index (χ2n) is 7.42. The van der Waals surface area contributed by atoms with Crippen LogP contribution < -0.4 is 11.1 Å². The second-order valence-corrected chi connectivity index (χ2v) is 7.42. The van der Waals surface area contributed by atoms with Crippen molar-refractivity contribution in [1.82, 2.24) is 10.2 Å². The Bertz CT molecular complexity index is 799. The molecule has 138 valence electrons. The van der Waals surface area contributed by atoms with Crippen molar-refractivity contribution in [3.05, 3.63) is 48.0 Å². The number of hydrogen-bond donors (Lipinski definition) is 2. The van der Waals surface area contributed by atoms with Crippen LogP contribution in [0.5, 0.6) is 0 Å². The minimum atomic E-state index is -0.585. The van der Waals surface area contributed by atoms with Gasteiger partial charge in [0, 0.05) is 12.6 Å². The Hall–Kier alpha value is -2.40. The largest absolute Gasteiger partial charge is 0.346 e. The van der Waals surface area contributed by atoms with Crippen LogP contribution in [0.25, 0.3) is 10.8 Å². The molecule has 0 aromatic heterocycles. The normalized spacial score (nSPS) is 15.1. The van der Waals surface area contributed by atoms with Gasteiger partial charge >= 0.3 is 0 Å². The SMILES string of the molecule is CC(C)[C@H](N)C(=O)NCC(=O)N(Cc1ccc2ccccc2c1)C1CC1. The highest BCUT2D eigenvalue weighted by Crippen LogP contribution is 2.29. The van der Waals surface area contributed by atoms with Gasteiger partial charge in [0.15, 0.2) is 0 Å². The van der Waals surface area contributed by atoms with E-state index in [0.29, 0.717) is 6.54 Å². The van der Waals surface area contributed by atoms with Gasteiger partial charge in [0.25, 0.3) is 0 Å². The zero-order valence-electron chi connectivity index (χ0n) is 15.4. The standard InChI is InChI=1S/C21H27N3O2/c1-14(2)20(22)21(26)23-12-19(25)24(18-9-10-18)13-15-7-8-16-5-3-4-6-17(16)11-15/h3-8,11,14,18,20H,9-10,12-13,22H2,1-2H3,(H,23,26)/t20-/m0/s1. The van der Waals surface area contributed by atoms with Crippen LogP contribution in [0.2, 0.25) is 0 Å². The summed E-state index contributed by atoms with van der Waals surface area (Å²) >= 11 is 0. The van der Waals surface area contributed by atoms with Crippen molar-refractivity contribution in [3.63, 3.8) is 0 Å².